The zero-order chi connectivity index (χ0) is 13.5. The molecule has 5 heteroatoms. The van der Waals surface area contributed by atoms with Gasteiger partial charge in [-0.3, -0.25) is 0 Å². The number of rotatable bonds is 7. The Balaban J connectivity index is 2.52. The summed E-state index contributed by atoms with van der Waals surface area (Å²) < 4.78 is 26.8. The Bertz CT molecular complexity index is 356. The molecular formula is C13H19F2NOS. The summed E-state index contributed by atoms with van der Waals surface area (Å²) in [5.41, 5.74) is -0.262. The molecular weight excluding hydrogens is 256 g/mol. The Labute approximate surface area is 111 Å². The topological polar surface area (TPSA) is 32.3 Å². The van der Waals surface area contributed by atoms with Gasteiger partial charge in [0.1, 0.15) is 11.6 Å². The maximum absolute atomic E-state index is 13.4. The maximum Gasteiger partial charge on any atom is 0.131 e. The van der Waals surface area contributed by atoms with Crippen LogP contribution in [0.1, 0.15) is 25.0 Å². The predicted octanol–water partition coefficient (Wildman–Crippen LogP) is 2.73. The van der Waals surface area contributed by atoms with E-state index in [1.807, 2.05) is 13.2 Å². The van der Waals surface area contributed by atoms with Gasteiger partial charge < -0.3 is 10.4 Å². The predicted molar refractivity (Wildman–Crippen MR) is 71.8 cm³/mol. The van der Waals surface area contributed by atoms with E-state index in [1.54, 1.807) is 11.8 Å². The van der Waals surface area contributed by atoms with E-state index in [1.165, 1.54) is 6.07 Å². The first-order chi connectivity index (χ1) is 8.56. The number of thioether (sulfide) groups is 1. The van der Waals surface area contributed by atoms with Crippen LogP contribution in [0.2, 0.25) is 0 Å². The fourth-order valence-corrected chi connectivity index (χ4v) is 2.23. The second-order valence-electron chi connectivity index (χ2n) is 4.24. The molecule has 2 atom stereocenters. The van der Waals surface area contributed by atoms with E-state index in [0.29, 0.717) is 0 Å². The molecule has 1 aromatic carbocycles. The average molecular weight is 275 g/mol. The molecule has 2 unspecified atom stereocenters. The molecule has 0 amide bonds. The van der Waals surface area contributed by atoms with Crippen molar-refractivity contribution < 1.29 is 13.9 Å². The molecule has 0 saturated carbocycles. The average Bonchev–Trinajstić information content (AvgIpc) is 2.33. The molecule has 2 nitrogen and oxygen atoms in total. The summed E-state index contributed by atoms with van der Waals surface area (Å²) >= 11 is 1.74. The molecule has 102 valence electrons. The summed E-state index contributed by atoms with van der Waals surface area (Å²) in [6, 6.07) is 3.80. The van der Waals surface area contributed by atoms with Gasteiger partial charge in [0.2, 0.25) is 0 Å². The van der Waals surface area contributed by atoms with E-state index in [0.717, 1.165) is 24.3 Å². The highest BCUT2D eigenvalue weighted by atomic mass is 32.2. The van der Waals surface area contributed by atoms with E-state index >= 15 is 0 Å². The number of aliphatic hydroxyl groups is 1. The van der Waals surface area contributed by atoms with E-state index in [4.69, 9.17) is 0 Å². The number of hydrogen-bond donors (Lipinski definition) is 2. The van der Waals surface area contributed by atoms with Crippen molar-refractivity contribution in [2.45, 2.75) is 25.5 Å². The second-order valence-corrected chi connectivity index (χ2v) is 5.23. The number of hydrogen-bond acceptors (Lipinski definition) is 3. The van der Waals surface area contributed by atoms with Crippen LogP contribution in [-0.2, 0) is 0 Å². The van der Waals surface area contributed by atoms with Crippen molar-refractivity contribution >= 4 is 11.8 Å². The molecule has 0 aromatic heterocycles. The fraction of sp³-hybridized carbons (Fsp3) is 0.538. The third kappa shape index (κ3) is 4.55. The van der Waals surface area contributed by atoms with Gasteiger partial charge in [0.05, 0.1) is 11.7 Å². The lowest BCUT2D eigenvalue weighted by Crippen LogP contribution is -2.31. The van der Waals surface area contributed by atoms with Crippen molar-refractivity contribution in [2.75, 3.05) is 18.6 Å². The molecule has 0 radical (unpaired) electrons. The van der Waals surface area contributed by atoms with Crippen LogP contribution in [0.15, 0.2) is 18.2 Å². The van der Waals surface area contributed by atoms with E-state index in [2.05, 4.69) is 5.32 Å². The smallest absolute Gasteiger partial charge is 0.131 e. The first kappa shape index (κ1) is 15.4. The Morgan fingerprint density at radius 1 is 1.33 bits per heavy atom. The Morgan fingerprint density at radius 3 is 2.50 bits per heavy atom. The highest BCUT2D eigenvalue weighted by Crippen LogP contribution is 2.20. The Morgan fingerprint density at radius 2 is 1.94 bits per heavy atom. The number of nitrogens with one attached hydrogen (secondary N) is 1. The molecule has 0 aliphatic rings. The minimum Gasteiger partial charge on any atom is -0.387 e. The van der Waals surface area contributed by atoms with Crippen LogP contribution in [-0.4, -0.2) is 29.7 Å². The van der Waals surface area contributed by atoms with Crippen LogP contribution in [0.3, 0.4) is 0 Å². The number of benzene rings is 1. The van der Waals surface area contributed by atoms with Gasteiger partial charge in [-0.05, 0) is 37.5 Å². The van der Waals surface area contributed by atoms with E-state index < -0.39 is 17.7 Å². The monoisotopic (exact) mass is 275 g/mol. The zero-order valence-corrected chi connectivity index (χ0v) is 11.4. The van der Waals surface area contributed by atoms with Crippen LogP contribution in [0.5, 0.6) is 0 Å². The summed E-state index contributed by atoms with van der Waals surface area (Å²) in [6.07, 6.45) is 1.81. The normalized spacial score (nSPS) is 14.5. The molecule has 2 N–H and O–H groups in total. The number of halogens is 2. The second kappa shape index (κ2) is 7.71. The number of aliphatic hydroxyl groups excluding tert-OH is 1. The molecule has 0 aliphatic heterocycles. The first-order valence-electron chi connectivity index (χ1n) is 5.90. The Hall–Kier alpha value is -0.650. The zero-order valence-electron chi connectivity index (χ0n) is 10.6. The highest BCUT2D eigenvalue weighted by Gasteiger charge is 2.17. The molecule has 0 saturated heterocycles. The molecule has 0 bridgehead atoms. The molecule has 0 heterocycles. The van der Waals surface area contributed by atoms with Crippen LogP contribution in [0.4, 0.5) is 8.78 Å². The third-order valence-corrected chi connectivity index (χ3v) is 3.39. The molecule has 1 aromatic rings. The molecule has 18 heavy (non-hydrogen) atoms. The largest absolute Gasteiger partial charge is 0.387 e. The summed E-state index contributed by atoms with van der Waals surface area (Å²) in [5, 5.41) is 12.9. The van der Waals surface area contributed by atoms with Crippen molar-refractivity contribution in [1.29, 1.82) is 0 Å². The van der Waals surface area contributed by atoms with Gasteiger partial charge in [0, 0.05) is 12.6 Å². The Kier molecular flexibility index (Phi) is 6.60. The lowest BCUT2D eigenvalue weighted by molar-refractivity contribution is 0.161. The van der Waals surface area contributed by atoms with Gasteiger partial charge in [0.25, 0.3) is 0 Å². The fourth-order valence-electron chi connectivity index (χ4n) is 1.64. The van der Waals surface area contributed by atoms with E-state index in [9.17, 15) is 13.9 Å². The quantitative estimate of drug-likeness (QED) is 0.802. The van der Waals surface area contributed by atoms with Gasteiger partial charge in [0.15, 0.2) is 0 Å². The van der Waals surface area contributed by atoms with Gasteiger partial charge in [-0.25, -0.2) is 8.78 Å². The molecule has 0 aliphatic carbocycles. The lowest BCUT2D eigenvalue weighted by Gasteiger charge is -2.17. The van der Waals surface area contributed by atoms with Crippen LogP contribution >= 0.6 is 11.8 Å². The van der Waals surface area contributed by atoms with Crippen molar-refractivity contribution in [3.8, 4) is 0 Å². The van der Waals surface area contributed by atoms with Gasteiger partial charge in [-0.2, -0.15) is 11.8 Å². The molecule has 1 rings (SSSR count). The summed E-state index contributed by atoms with van der Waals surface area (Å²) in [6.45, 7) is 2.13. The van der Waals surface area contributed by atoms with Crippen molar-refractivity contribution in [2.24, 2.45) is 0 Å². The summed E-state index contributed by atoms with van der Waals surface area (Å²) in [4.78, 5) is 0. The third-order valence-electron chi connectivity index (χ3n) is 2.75. The molecule has 0 spiro atoms. The van der Waals surface area contributed by atoms with Crippen molar-refractivity contribution in [3.63, 3.8) is 0 Å². The van der Waals surface area contributed by atoms with Crippen LogP contribution in [0, 0.1) is 11.6 Å². The van der Waals surface area contributed by atoms with Crippen LogP contribution in [0.25, 0.3) is 0 Å². The van der Waals surface area contributed by atoms with E-state index in [-0.39, 0.29) is 18.2 Å². The first-order valence-corrected chi connectivity index (χ1v) is 7.30. The highest BCUT2D eigenvalue weighted by molar-refractivity contribution is 7.98. The summed E-state index contributed by atoms with van der Waals surface area (Å²) in [7, 11) is 0. The lowest BCUT2D eigenvalue weighted by atomic mass is 10.1. The minimum atomic E-state index is -1.16. The standard InChI is InChI=1S/C13H19F2NOS/c1-9(6-7-18-2)16-8-12(17)13-10(14)4-3-5-11(13)15/h3-5,9,12,16-17H,6-8H2,1-2H3. The van der Waals surface area contributed by atoms with Crippen LogP contribution < -0.4 is 5.32 Å². The van der Waals surface area contributed by atoms with Crippen molar-refractivity contribution in [1.82, 2.24) is 5.32 Å². The summed E-state index contributed by atoms with van der Waals surface area (Å²) in [5.74, 6) is -0.402. The van der Waals surface area contributed by atoms with Crippen molar-refractivity contribution in [3.05, 3.63) is 35.4 Å². The van der Waals surface area contributed by atoms with Gasteiger partial charge in [-0.15, -0.1) is 0 Å². The maximum atomic E-state index is 13.4. The minimum absolute atomic E-state index is 0.146. The van der Waals surface area contributed by atoms with Gasteiger partial charge >= 0.3 is 0 Å². The molecule has 0 fully saturated rings. The van der Waals surface area contributed by atoms with Gasteiger partial charge in [-0.1, -0.05) is 6.07 Å². The SMILES string of the molecule is CSCCC(C)NCC(O)c1c(F)cccc1F.